The van der Waals surface area contributed by atoms with E-state index in [2.05, 4.69) is 4.74 Å². The van der Waals surface area contributed by atoms with Crippen LogP contribution >= 0.6 is 11.8 Å². The number of hydrogen-bond donors (Lipinski definition) is 0. The summed E-state index contributed by atoms with van der Waals surface area (Å²) in [5, 5.41) is 0. The van der Waals surface area contributed by atoms with E-state index in [1.165, 1.54) is 30.0 Å². The number of ketones is 1. The molecule has 2 nitrogen and oxygen atoms in total. The molecule has 0 fully saturated rings. The average Bonchev–Trinajstić information content (AvgIpc) is 2.24. The minimum Gasteiger partial charge on any atom is -0.405 e. The maximum atomic E-state index is 12.1. The first-order chi connectivity index (χ1) is 7.94. The predicted octanol–water partition coefficient (Wildman–Crippen LogP) is 3.52. The molecule has 0 aliphatic heterocycles. The molecular weight excluding hydrogens is 253 g/mol. The monoisotopic (exact) mass is 264 g/mol. The average molecular weight is 264 g/mol. The lowest BCUT2D eigenvalue weighted by Gasteiger charge is -2.12. The number of benzene rings is 1. The molecule has 0 heterocycles. The SMILES string of the molecule is CSCCC(=O)c1ccccc1OC(F)(F)F. The van der Waals surface area contributed by atoms with Gasteiger partial charge in [-0.15, -0.1) is 13.2 Å². The quantitative estimate of drug-likeness (QED) is 0.761. The van der Waals surface area contributed by atoms with E-state index in [-0.39, 0.29) is 17.8 Å². The molecule has 6 heteroatoms. The summed E-state index contributed by atoms with van der Waals surface area (Å²) < 4.78 is 40.1. The Morgan fingerprint density at radius 1 is 1.35 bits per heavy atom. The smallest absolute Gasteiger partial charge is 0.405 e. The summed E-state index contributed by atoms with van der Waals surface area (Å²) in [6.07, 6.45) is -2.76. The van der Waals surface area contributed by atoms with E-state index >= 15 is 0 Å². The lowest BCUT2D eigenvalue weighted by molar-refractivity contribution is -0.274. The fourth-order valence-corrected chi connectivity index (χ4v) is 1.63. The highest BCUT2D eigenvalue weighted by molar-refractivity contribution is 7.98. The van der Waals surface area contributed by atoms with Crippen molar-refractivity contribution in [2.24, 2.45) is 0 Å². The fraction of sp³-hybridized carbons (Fsp3) is 0.364. The third-order valence-electron chi connectivity index (χ3n) is 1.95. The first-order valence-corrected chi connectivity index (χ1v) is 6.20. The number of ether oxygens (including phenoxy) is 1. The molecule has 94 valence electrons. The van der Waals surface area contributed by atoms with Crippen molar-refractivity contribution in [3.8, 4) is 5.75 Å². The van der Waals surface area contributed by atoms with Crippen LogP contribution in [0.25, 0.3) is 0 Å². The van der Waals surface area contributed by atoms with Gasteiger partial charge in [-0.25, -0.2) is 0 Å². The van der Waals surface area contributed by atoms with Crippen molar-refractivity contribution >= 4 is 17.5 Å². The number of carbonyl (C=O) groups is 1. The zero-order valence-electron chi connectivity index (χ0n) is 9.08. The van der Waals surface area contributed by atoms with E-state index in [4.69, 9.17) is 0 Å². The molecule has 0 spiro atoms. The summed E-state index contributed by atoms with van der Waals surface area (Å²) in [5.41, 5.74) is -0.0288. The molecule has 0 N–H and O–H groups in total. The molecule has 0 aliphatic carbocycles. The number of para-hydroxylation sites is 1. The van der Waals surface area contributed by atoms with Gasteiger partial charge in [0.15, 0.2) is 5.78 Å². The molecule has 0 bridgehead atoms. The van der Waals surface area contributed by atoms with E-state index in [0.717, 1.165) is 6.07 Å². The molecule has 0 saturated carbocycles. The van der Waals surface area contributed by atoms with Crippen molar-refractivity contribution in [3.05, 3.63) is 29.8 Å². The highest BCUT2D eigenvalue weighted by atomic mass is 32.2. The Morgan fingerprint density at radius 3 is 2.59 bits per heavy atom. The van der Waals surface area contributed by atoms with E-state index in [0.29, 0.717) is 5.75 Å². The fourth-order valence-electron chi connectivity index (χ4n) is 1.24. The maximum absolute atomic E-state index is 12.1. The van der Waals surface area contributed by atoms with Gasteiger partial charge in [0.2, 0.25) is 0 Å². The Kier molecular flexibility index (Phi) is 4.86. The van der Waals surface area contributed by atoms with Crippen LogP contribution in [0.5, 0.6) is 5.75 Å². The van der Waals surface area contributed by atoms with Crippen LogP contribution in [0.15, 0.2) is 24.3 Å². The van der Waals surface area contributed by atoms with Gasteiger partial charge in [-0.2, -0.15) is 11.8 Å². The zero-order chi connectivity index (χ0) is 12.9. The van der Waals surface area contributed by atoms with Crippen molar-refractivity contribution in [1.29, 1.82) is 0 Å². The van der Waals surface area contributed by atoms with Crippen LogP contribution in [-0.2, 0) is 0 Å². The Balaban J connectivity index is 2.88. The molecule has 0 unspecified atom stereocenters. The Labute approximate surface area is 101 Å². The summed E-state index contributed by atoms with van der Waals surface area (Å²) in [4.78, 5) is 11.6. The van der Waals surface area contributed by atoms with E-state index in [1.54, 1.807) is 0 Å². The van der Waals surface area contributed by atoms with Crippen LogP contribution in [0, 0.1) is 0 Å². The molecular formula is C11H11F3O2S. The number of hydrogen-bond acceptors (Lipinski definition) is 3. The van der Waals surface area contributed by atoms with Crippen LogP contribution < -0.4 is 4.74 Å². The van der Waals surface area contributed by atoms with Crippen LogP contribution in [0.4, 0.5) is 13.2 Å². The molecule has 0 aromatic heterocycles. The number of thioether (sulfide) groups is 1. The second-order valence-electron chi connectivity index (χ2n) is 3.21. The third kappa shape index (κ3) is 4.68. The van der Waals surface area contributed by atoms with Crippen molar-refractivity contribution in [3.63, 3.8) is 0 Å². The first kappa shape index (κ1) is 13.9. The summed E-state index contributed by atoms with van der Waals surface area (Å²) in [5.74, 6) is -0.218. The molecule has 1 aromatic rings. The molecule has 1 aromatic carbocycles. The number of rotatable bonds is 5. The number of halogens is 3. The van der Waals surface area contributed by atoms with Gasteiger partial charge >= 0.3 is 6.36 Å². The molecule has 0 saturated heterocycles. The first-order valence-electron chi connectivity index (χ1n) is 4.81. The largest absolute Gasteiger partial charge is 0.573 e. The summed E-state index contributed by atoms with van der Waals surface area (Å²) in [6, 6.07) is 5.38. The highest BCUT2D eigenvalue weighted by Gasteiger charge is 2.32. The number of alkyl halides is 3. The minimum atomic E-state index is -4.78. The Bertz CT molecular complexity index is 391. The van der Waals surface area contributed by atoms with Gasteiger partial charge in [0.05, 0.1) is 5.56 Å². The lowest BCUT2D eigenvalue weighted by Crippen LogP contribution is -2.19. The third-order valence-corrected chi connectivity index (χ3v) is 2.56. The lowest BCUT2D eigenvalue weighted by atomic mass is 10.1. The second-order valence-corrected chi connectivity index (χ2v) is 4.20. The van der Waals surface area contributed by atoms with Crippen molar-refractivity contribution in [2.75, 3.05) is 12.0 Å². The van der Waals surface area contributed by atoms with E-state index in [1.807, 2.05) is 6.26 Å². The highest BCUT2D eigenvalue weighted by Crippen LogP contribution is 2.27. The van der Waals surface area contributed by atoms with Crippen LogP contribution in [0.1, 0.15) is 16.8 Å². The van der Waals surface area contributed by atoms with Crippen LogP contribution in [0.3, 0.4) is 0 Å². The van der Waals surface area contributed by atoms with E-state index < -0.39 is 12.1 Å². The van der Waals surface area contributed by atoms with Crippen molar-refractivity contribution in [2.45, 2.75) is 12.8 Å². The Morgan fingerprint density at radius 2 is 2.00 bits per heavy atom. The van der Waals surface area contributed by atoms with Gasteiger partial charge in [-0.3, -0.25) is 4.79 Å². The zero-order valence-corrected chi connectivity index (χ0v) is 9.90. The molecule has 1 rings (SSSR count). The predicted molar refractivity (Wildman–Crippen MR) is 60.5 cm³/mol. The van der Waals surface area contributed by atoms with Gasteiger partial charge in [-0.05, 0) is 18.4 Å². The number of carbonyl (C=O) groups excluding carboxylic acids is 1. The topological polar surface area (TPSA) is 26.3 Å². The second kappa shape index (κ2) is 5.95. The number of Topliss-reactive ketones (excluding diaryl/α,β-unsaturated/α-hetero) is 1. The molecule has 0 aliphatic rings. The molecule has 0 radical (unpaired) electrons. The maximum Gasteiger partial charge on any atom is 0.573 e. The molecule has 17 heavy (non-hydrogen) atoms. The summed E-state index contributed by atoms with van der Waals surface area (Å²) in [7, 11) is 0. The normalized spacial score (nSPS) is 11.3. The van der Waals surface area contributed by atoms with Crippen LogP contribution in [0.2, 0.25) is 0 Å². The van der Waals surface area contributed by atoms with Gasteiger partial charge in [0.25, 0.3) is 0 Å². The molecule has 0 atom stereocenters. The summed E-state index contributed by atoms with van der Waals surface area (Å²) >= 11 is 1.46. The Hall–Kier alpha value is -1.17. The molecule has 0 amide bonds. The minimum absolute atomic E-state index is 0.0288. The van der Waals surface area contributed by atoms with Gasteiger partial charge in [0, 0.05) is 12.2 Å². The van der Waals surface area contributed by atoms with Gasteiger partial charge in [0.1, 0.15) is 5.75 Å². The van der Waals surface area contributed by atoms with E-state index in [9.17, 15) is 18.0 Å². The summed E-state index contributed by atoms with van der Waals surface area (Å²) in [6.45, 7) is 0. The van der Waals surface area contributed by atoms with Gasteiger partial charge < -0.3 is 4.74 Å². The van der Waals surface area contributed by atoms with Crippen LogP contribution in [-0.4, -0.2) is 24.2 Å². The van der Waals surface area contributed by atoms with Gasteiger partial charge in [-0.1, -0.05) is 12.1 Å². The van der Waals surface area contributed by atoms with Crippen molar-refractivity contribution in [1.82, 2.24) is 0 Å². The van der Waals surface area contributed by atoms with Crippen molar-refractivity contribution < 1.29 is 22.7 Å². The standard InChI is InChI=1S/C11H11F3O2S/c1-17-7-6-9(15)8-4-2-3-5-10(8)16-11(12,13)14/h2-5H,6-7H2,1H3.